The topological polar surface area (TPSA) is 84.0 Å². The number of benzene rings is 1. The Kier molecular flexibility index (Phi) is 4.45. The van der Waals surface area contributed by atoms with E-state index in [9.17, 15) is 8.42 Å². The first-order valence-electron chi connectivity index (χ1n) is 7.96. The maximum Gasteiger partial charge on any atom is 0.152 e. The standard InChI is InChI=1S/C17H22N4O2S/c1-11-6-12(2)17(13(3)7-11)21-16-8-15(18-10-19-16)20-14-4-5-24(22,23)9-14/h6-8,10,14H,4-5,9H2,1-3H3,(H2,18,19,20,21). The third kappa shape index (κ3) is 3.84. The molecule has 128 valence electrons. The Morgan fingerprint density at radius 2 is 1.71 bits per heavy atom. The molecular weight excluding hydrogens is 324 g/mol. The molecule has 1 aliphatic rings. The third-order valence-electron chi connectivity index (χ3n) is 4.18. The van der Waals surface area contributed by atoms with Crippen LogP contribution in [-0.4, -0.2) is 35.9 Å². The van der Waals surface area contributed by atoms with Crippen LogP contribution >= 0.6 is 0 Å². The Labute approximate surface area is 142 Å². The molecule has 0 spiro atoms. The van der Waals surface area contributed by atoms with E-state index in [1.807, 2.05) is 6.07 Å². The molecule has 1 unspecified atom stereocenters. The molecule has 0 bridgehead atoms. The molecular formula is C17H22N4O2S. The first-order chi connectivity index (χ1) is 11.3. The monoisotopic (exact) mass is 346 g/mol. The highest BCUT2D eigenvalue weighted by Gasteiger charge is 2.27. The van der Waals surface area contributed by atoms with Gasteiger partial charge in [-0.05, 0) is 38.3 Å². The highest BCUT2D eigenvalue weighted by atomic mass is 32.2. The molecule has 24 heavy (non-hydrogen) atoms. The Hall–Kier alpha value is -2.15. The fourth-order valence-electron chi connectivity index (χ4n) is 3.13. The molecule has 1 aliphatic heterocycles. The van der Waals surface area contributed by atoms with Crippen molar-refractivity contribution in [2.75, 3.05) is 22.1 Å². The minimum atomic E-state index is -2.91. The van der Waals surface area contributed by atoms with Crippen LogP contribution in [0.25, 0.3) is 0 Å². The van der Waals surface area contributed by atoms with Crippen molar-refractivity contribution in [3.8, 4) is 0 Å². The maximum absolute atomic E-state index is 11.6. The molecule has 1 aromatic heterocycles. The van der Waals surface area contributed by atoms with Crippen LogP contribution in [0.3, 0.4) is 0 Å². The van der Waals surface area contributed by atoms with Gasteiger partial charge in [0.25, 0.3) is 0 Å². The van der Waals surface area contributed by atoms with Crippen LogP contribution in [0.4, 0.5) is 17.3 Å². The second-order valence-corrected chi connectivity index (χ2v) is 8.66. The number of sulfone groups is 1. The number of hydrogen-bond acceptors (Lipinski definition) is 6. The van der Waals surface area contributed by atoms with E-state index in [4.69, 9.17) is 0 Å². The summed E-state index contributed by atoms with van der Waals surface area (Å²) in [6.45, 7) is 6.20. The molecule has 2 N–H and O–H groups in total. The number of anilines is 3. The van der Waals surface area contributed by atoms with Gasteiger partial charge in [0.2, 0.25) is 0 Å². The third-order valence-corrected chi connectivity index (χ3v) is 5.95. The summed E-state index contributed by atoms with van der Waals surface area (Å²) in [4.78, 5) is 8.46. The van der Waals surface area contributed by atoms with Crippen molar-refractivity contribution in [3.05, 3.63) is 41.2 Å². The molecule has 0 amide bonds. The Bertz CT molecular complexity index is 842. The van der Waals surface area contributed by atoms with Gasteiger partial charge in [0.15, 0.2) is 9.84 Å². The van der Waals surface area contributed by atoms with Gasteiger partial charge >= 0.3 is 0 Å². The van der Waals surface area contributed by atoms with Crippen LogP contribution in [0.15, 0.2) is 24.5 Å². The van der Waals surface area contributed by atoms with Gasteiger partial charge in [-0.2, -0.15) is 0 Å². The van der Waals surface area contributed by atoms with E-state index in [0.29, 0.717) is 18.1 Å². The van der Waals surface area contributed by atoms with E-state index in [-0.39, 0.29) is 17.5 Å². The minimum Gasteiger partial charge on any atom is -0.366 e. The van der Waals surface area contributed by atoms with Crippen molar-refractivity contribution in [2.45, 2.75) is 33.2 Å². The van der Waals surface area contributed by atoms with Gasteiger partial charge < -0.3 is 10.6 Å². The molecule has 1 saturated heterocycles. The van der Waals surface area contributed by atoms with Crippen molar-refractivity contribution in [2.24, 2.45) is 0 Å². The van der Waals surface area contributed by atoms with Crippen molar-refractivity contribution in [1.29, 1.82) is 0 Å². The summed E-state index contributed by atoms with van der Waals surface area (Å²) in [5.41, 5.74) is 4.57. The van der Waals surface area contributed by atoms with E-state index < -0.39 is 9.84 Å². The molecule has 6 nitrogen and oxygen atoms in total. The molecule has 0 saturated carbocycles. The highest BCUT2D eigenvalue weighted by molar-refractivity contribution is 7.91. The molecule has 1 aromatic carbocycles. The average Bonchev–Trinajstić information content (AvgIpc) is 2.82. The Balaban J connectivity index is 1.77. The number of aryl methyl sites for hydroxylation is 3. The van der Waals surface area contributed by atoms with Crippen LogP contribution in [0.1, 0.15) is 23.1 Å². The predicted octanol–water partition coefficient (Wildman–Crippen LogP) is 2.74. The van der Waals surface area contributed by atoms with Crippen molar-refractivity contribution in [3.63, 3.8) is 0 Å². The normalized spacial score (nSPS) is 19.2. The number of hydrogen-bond donors (Lipinski definition) is 2. The average molecular weight is 346 g/mol. The van der Waals surface area contributed by atoms with Crippen LogP contribution < -0.4 is 10.6 Å². The first-order valence-corrected chi connectivity index (χ1v) is 9.78. The summed E-state index contributed by atoms with van der Waals surface area (Å²) in [6, 6.07) is 5.97. The largest absolute Gasteiger partial charge is 0.366 e. The zero-order valence-electron chi connectivity index (χ0n) is 14.1. The van der Waals surface area contributed by atoms with E-state index >= 15 is 0 Å². The minimum absolute atomic E-state index is 0.0828. The molecule has 2 heterocycles. The number of nitrogens with one attached hydrogen (secondary N) is 2. The van der Waals surface area contributed by atoms with Crippen molar-refractivity contribution >= 4 is 27.2 Å². The molecule has 2 aromatic rings. The summed E-state index contributed by atoms with van der Waals surface area (Å²) < 4.78 is 23.1. The molecule has 0 radical (unpaired) electrons. The van der Waals surface area contributed by atoms with E-state index in [2.05, 4.69) is 53.5 Å². The molecule has 1 atom stereocenters. The summed E-state index contributed by atoms with van der Waals surface area (Å²) in [5, 5.41) is 6.53. The molecule has 3 rings (SSSR count). The summed E-state index contributed by atoms with van der Waals surface area (Å²) in [7, 11) is -2.91. The fourth-order valence-corrected chi connectivity index (χ4v) is 4.80. The summed E-state index contributed by atoms with van der Waals surface area (Å²) >= 11 is 0. The van der Waals surface area contributed by atoms with Crippen LogP contribution in [0.5, 0.6) is 0 Å². The first kappa shape index (κ1) is 16.7. The van der Waals surface area contributed by atoms with E-state index in [1.54, 1.807) is 0 Å². The lowest BCUT2D eigenvalue weighted by Gasteiger charge is -2.15. The van der Waals surface area contributed by atoms with Gasteiger partial charge in [-0.15, -0.1) is 0 Å². The highest BCUT2D eigenvalue weighted by Crippen LogP contribution is 2.26. The second-order valence-electron chi connectivity index (χ2n) is 6.43. The number of aromatic nitrogens is 2. The number of nitrogens with zero attached hydrogens (tertiary/aromatic N) is 2. The second kappa shape index (κ2) is 6.39. The van der Waals surface area contributed by atoms with Gasteiger partial charge in [0.1, 0.15) is 18.0 Å². The van der Waals surface area contributed by atoms with Gasteiger partial charge in [-0.1, -0.05) is 17.7 Å². The Morgan fingerprint density at radius 1 is 1.04 bits per heavy atom. The summed E-state index contributed by atoms with van der Waals surface area (Å²) in [6.07, 6.45) is 2.10. The quantitative estimate of drug-likeness (QED) is 0.885. The van der Waals surface area contributed by atoms with Crippen LogP contribution in [-0.2, 0) is 9.84 Å². The lowest BCUT2D eigenvalue weighted by Crippen LogP contribution is -2.21. The van der Waals surface area contributed by atoms with E-state index in [0.717, 1.165) is 16.8 Å². The maximum atomic E-state index is 11.6. The van der Waals surface area contributed by atoms with Crippen LogP contribution in [0.2, 0.25) is 0 Å². The SMILES string of the molecule is Cc1cc(C)c(Nc2cc(NC3CCS(=O)(=O)C3)ncn2)c(C)c1. The van der Waals surface area contributed by atoms with Gasteiger partial charge in [0, 0.05) is 17.8 Å². The van der Waals surface area contributed by atoms with Gasteiger partial charge in [0.05, 0.1) is 11.5 Å². The number of rotatable bonds is 4. The lowest BCUT2D eigenvalue weighted by atomic mass is 10.1. The lowest BCUT2D eigenvalue weighted by molar-refractivity contribution is 0.602. The van der Waals surface area contributed by atoms with Gasteiger partial charge in [-0.3, -0.25) is 0 Å². The zero-order chi connectivity index (χ0) is 17.3. The zero-order valence-corrected chi connectivity index (χ0v) is 14.9. The predicted molar refractivity (Wildman–Crippen MR) is 96.6 cm³/mol. The van der Waals surface area contributed by atoms with E-state index in [1.165, 1.54) is 11.9 Å². The fraction of sp³-hybridized carbons (Fsp3) is 0.412. The summed E-state index contributed by atoms with van der Waals surface area (Å²) in [5.74, 6) is 1.72. The molecule has 0 aliphatic carbocycles. The molecule has 1 fully saturated rings. The van der Waals surface area contributed by atoms with Gasteiger partial charge in [-0.25, -0.2) is 18.4 Å². The van der Waals surface area contributed by atoms with Crippen molar-refractivity contribution < 1.29 is 8.42 Å². The van der Waals surface area contributed by atoms with Crippen molar-refractivity contribution in [1.82, 2.24) is 9.97 Å². The van der Waals surface area contributed by atoms with Crippen LogP contribution in [0, 0.1) is 20.8 Å². The molecule has 7 heteroatoms. The smallest absolute Gasteiger partial charge is 0.152 e. The Morgan fingerprint density at radius 3 is 2.33 bits per heavy atom.